The van der Waals surface area contributed by atoms with E-state index >= 15 is 0 Å². The summed E-state index contributed by atoms with van der Waals surface area (Å²) in [5.41, 5.74) is 12.4. The molecule has 0 saturated heterocycles. The summed E-state index contributed by atoms with van der Waals surface area (Å²) < 4.78 is 34.7. The summed E-state index contributed by atoms with van der Waals surface area (Å²) in [5, 5.41) is 0. The largest absolute Gasteiger partial charge is 0.493 e. The van der Waals surface area contributed by atoms with Gasteiger partial charge in [-0.1, -0.05) is 48.5 Å². The fourth-order valence-corrected chi connectivity index (χ4v) is 4.25. The summed E-state index contributed by atoms with van der Waals surface area (Å²) in [6.07, 6.45) is -0.566. The lowest BCUT2D eigenvalue weighted by Crippen LogP contribution is -2.54. The van der Waals surface area contributed by atoms with Gasteiger partial charge in [0, 0.05) is 23.5 Å². The number of ether oxygens (including phenoxy) is 6. The number of nitrogens with one attached hydrogen (secondary N) is 2. The first kappa shape index (κ1) is 33.5. The average Bonchev–Trinajstić information content (AvgIpc) is 3.42. The number of rotatable bonds is 8. The second kappa shape index (κ2) is 17.1. The first-order valence-corrected chi connectivity index (χ1v) is 13.8. The van der Waals surface area contributed by atoms with Gasteiger partial charge in [0.2, 0.25) is 12.5 Å². The molecule has 0 aromatic heterocycles. The van der Waals surface area contributed by atoms with Crippen LogP contribution in [-0.4, -0.2) is 39.4 Å². The maximum absolute atomic E-state index is 11.3. The number of methoxy groups -OCH3 is 1. The quantitative estimate of drug-likeness (QED) is 0.345. The second-order valence-corrected chi connectivity index (χ2v) is 7.67. The minimum Gasteiger partial charge on any atom is -0.493 e. The van der Waals surface area contributed by atoms with E-state index in [4.69, 9.17) is 34.2 Å². The van der Waals surface area contributed by atoms with E-state index in [-0.39, 0.29) is 18.6 Å². The van der Waals surface area contributed by atoms with Crippen LogP contribution < -0.4 is 45.0 Å². The molecule has 2 heterocycles. The van der Waals surface area contributed by atoms with E-state index in [2.05, 4.69) is 10.9 Å². The molecule has 2 amide bonds. The van der Waals surface area contributed by atoms with Gasteiger partial charge in [-0.05, 0) is 37.6 Å². The summed E-state index contributed by atoms with van der Waals surface area (Å²) >= 11 is 0. The molecule has 0 spiro atoms. The number of urea groups is 1. The summed E-state index contributed by atoms with van der Waals surface area (Å²) in [7, 11) is 1.60. The van der Waals surface area contributed by atoms with E-state index in [0.717, 1.165) is 11.1 Å². The Morgan fingerprint density at radius 3 is 2.08 bits per heavy atom. The number of carbonyl (C=O) groups is 1. The van der Waals surface area contributed by atoms with Crippen LogP contribution in [0.2, 0.25) is 0 Å². The van der Waals surface area contributed by atoms with Gasteiger partial charge in [-0.15, -0.1) is 0 Å². The lowest BCUT2D eigenvalue weighted by Gasteiger charge is -2.38. The molecule has 10 heteroatoms. The Morgan fingerprint density at radius 1 is 0.923 bits per heavy atom. The molecule has 2 aromatic rings. The van der Waals surface area contributed by atoms with Crippen LogP contribution in [0.15, 0.2) is 24.3 Å². The molecule has 4 N–H and O–H groups in total. The van der Waals surface area contributed by atoms with Crippen LogP contribution in [0.3, 0.4) is 0 Å². The number of carbonyl (C=O) groups excluding carboxylic acids is 1. The third-order valence-electron chi connectivity index (χ3n) is 5.65. The Labute approximate surface area is 233 Å². The predicted octanol–water partition coefficient (Wildman–Crippen LogP) is 5.96. The highest BCUT2D eigenvalue weighted by Gasteiger charge is 2.39. The summed E-state index contributed by atoms with van der Waals surface area (Å²) in [5.74, 6) is 3.27. The molecule has 10 nitrogen and oxygen atoms in total. The summed E-state index contributed by atoms with van der Waals surface area (Å²) in [4.78, 5) is 11.3. The number of primary amides is 1. The normalized spacial score (nSPS) is 17.7. The highest BCUT2D eigenvalue weighted by Crippen LogP contribution is 2.51. The van der Waals surface area contributed by atoms with E-state index in [1.165, 1.54) is 0 Å². The zero-order chi connectivity index (χ0) is 29.5. The molecular formula is C29H47N3O7. The van der Waals surface area contributed by atoms with Gasteiger partial charge in [0.05, 0.1) is 20.3 Å². The van der Waals surface area contributed by atoms with E-state index < -0.39 is 12.3 Å². The minimum absolute atomic E-state index is 0.137. The van der Waals surface area contributed by atoms with Crippen molar-refractivity contribution in [2.45, 2.75) is 74.5 Å². The maximum Gasteiger partial charge on any atom is 0.326 e. The van der Waals surface area contributed by atoms with Crippen molar-refractivity contribution in [2.24, 2.45) is 11.7 Å². The highest BCUT2D eigenvalue weighted by atomic mass is 16.7. The van der Waals surface area contributed by atoms with Crippen molar-refractivity contribution in [1.82, 2.24) is 10.9 Å². The Bertz CT molecular complexity index is 1030. The highest BCUT2D eigenvalue weighted by molar-refractivity contribution is 5.71. The lowest BCUT2D eigenvalue weighted by molar-refractivity contribution is 0.0691. The van der Waals surface area contributed by atoms with E-state index in [1.54, 1.807) is 13.2 Å². The van der Waals surface area contributed by atoms with Crippen molar-refractivity contribution >= 4 is 6.03 Å². The molecule has 2 aliphatic heterocycles. The molecule has 0 aliphatic carbocycles. The van der Waals surface area contributed by atoms with Crippen LogP contribution >= 0.6 is 0 Å². The second-order valence-electron chi connectivity index (χ2n) is 7.67. The number of amides is 2. The molecule has 0 fully saturated rings. The van der Waals surface area contributed by atoms with Crippen molar-refractivity contribution in [3.8, 4) is 34.5 Å². The van der Waals surface area contributed by atoms with Gasteiger partial charge in [-0.3, -0.25) is 5.43 Å². The molecule has 2 aliphatic rings. The lowest BCUT2D eigenvalue weighted by atomic mass is 9.78. The summed E-state index contributed by atoms with van der Waals surface area (Å²) in [6, 6.07) is 6.91. The van der Waals surface area contributed by atoms with Crippen molar-refractivity contribution in [3.63, 3.8) is 0 Å². The van der Waals surface area contributed by atoms with E-state index in [9.17, 15) is 4.79 Å². The molecule has 4 rings (SSSR count). The first-order valence-electron chi connectivity index (χ1n) is 13.8. The third kappa shape index (κ3) is 7.98. The van der Waals surface area contributed by atoms with Crippen LogP contribution in [-0.2, 0) is 0 Å². The molecule has 0 bridgehead atoms. The van der Waals surface area contributed by atoms with Crippen molar-refractivity contribution in [1.29, 1.82) is 0 Å². The van der Waals surface area contributed by atoms with Crippen LogP contribution in [0.5, 0.6) is 34.5 Å². The van der Waals surface area contributed by atoms with Crippen LogP contribution in [0.1, 0.15) is 79.4 Å². The van der Waals surface area contributed by atoms with Crippen molar-refractivity contribution < 1.29 is 33.2 Å². The van der Waals surface area contributed by atoms with Crippen LogP contribution in [0.25, 0.3) is 0 Å². The third-order valence-corrected chi connectivity index (χ3v) is 5.65. The molecular weight excluding hydrogens is 502 g/mol. The smallest absolute Gasteiger partial charge is 0.326 e. The number of hydrogen-bond donors (Lipinski definition) is 3. The van der Waals surface area contributed by atoms with Gasteiger partial charge in [-0.25, -0.2) is 4.79 Å². The van der Waals surface area contributed by atoms with Gasteiger partial charge in [0.1, 0.15) is 5.75 Å². The Hall–Kier alpha value is -3.53. The molecule has 39 heavy (non-hydrogen) atoms. The molecule has 220 valence electrons. The maximum atomic E-state index is 11.3. The number of fused-ring (bicyclic) bond motifs is 2. The predicted molar refractivity (Wildman–Crippen MR) is 153 cm³/mol. The summed E-state index contributed by atoms with van der Waals surface area (Å²) in [6.45, 7) is 18.9. The van der Waals surface area contributed by atoms with Gasteiger partial charge in [0.25, 0.3) is 0 Å². The molecule has 0 saturated carbocycles. The fraction of sp³-hybridized carbons (Fsp3) is 0.552. The number of benzene rings is 2. The first-order chi connectivity index (χ1) is 19.0. The van der Waals surface area contributed by atoms with Gasteiger partial charge >= 0.3 is 6.03 Å². The SMILES string of the molecule is CC.CC.CC.CCOc1cc(C2c3cc4c(cc3OC(NNC(N)=O)C2C)OCO4)cc(OC)c1OCC. The Kier molecular flexibility index (Phi) is 14.7. The van der Waals surface area contributed by atoms with Crippen molar-refractivity contribution in [3.05, 3.63) is 35.4 Å². The standard InChI is InChI=1S/C23H29N3O7.3C2H6/c1-5-29-19-8-13(7-18(28-4)21(19)30-6-2)20-12(3)22(25-26-23(24)27)33-15-10-17-16(9-14(15)20)31-11-32-17;3*1-2/h7-10,12,20,22,25H,5-6,11H2,1-4H3,(H3,24,26,27);3*1-2H3. The zero-order valence-electron chi connectivity index (χ0n) is 25.1. The van der Waals surface area contributed by atoms with Gasteiger partial charge in [-0.2, -0.15) is 5.43 Å². The number of hydrazine groups is 1. The van der Waals surface area contributed by atoms with E-state index in [1.807, 2.05) is 80.5 Å². The monoisotopic (exact) mass is 549 g/mol. The Balaban J connectivity index is 0.00000119. The Morgan fingerprint density at radius 2 is 1.51 bits per heavy atom. The average molecular weight is 550 g/mol. The fourth-order valence-electron chi connectivity index (χ4n) is 4.25. The number of nitrogens with two attached hydrogens (primary N) is 1. The number of hydrogen-bond acceptors (Lipinski definition) is 8. The van der Waals surface area contributed by atoms with Crippen LogP contribution in [0, 0.1) is 5.92 Å². The molecule has 3 unspecified atom stereocenters. The molecule has 0 radical (unpaired) electrons. The molecule has 3 atom stereocenters. The van der Waals surface area contributed by atoms with Crippen LogP contribution in [0.4, 0.5) is 4.79 Å². The topological polar surface area (TPSA) is 123 Å². The zero-order valence-corrected chi connectivity index (χ0v) is 25.1. The van der Waals surface area contributed by atoms with E-state index in [0.29, 0.717) is 47.7 Å². The molecule has 2 aromatic carbocycles. The van der Waals surface area contributed by atoms with Gasteiger partial charge in [0.15, 0.2) is 29.2 Å². The van der Waals surface area contributed by atoms with Gasteiger partial charge < -0.3 is 34.2 Å². The van der Waals surface area contributed by atoms with Crippen molar-refractivity contribution in [2.75, 3.05) is 27.1 Å². The minimum atomic E-state index is -0.708.